The number of carbonyl (C=O) groups is 2. The summed E-state index contributed by atoms with van der Waals surface area (Å²) in [6, 6.07) is -0.890. The zero-order chi connectivity index (χ0) is 22.1. The average molecular weight is 445 g/mol. The Morgan fingerprint density at radius 3 is 2.55 bits per heavy atom. The van der Waals surface area contributed by atoms with Crippen molar-refractivity contribution in [2.75, 3.05) is 46.3 Å². The highest BCUT2D eigenvalue weighted by Gasteiger charge is 2.48. The predicted octanol–water partition coefficient (Wildman–Crippen LogP) is -2.77. The predicted molar refractivity (Wildman–Crippen MR) is 110 cm³/mol. The third kappa shape index (κ3) is 4.69. The maximum atomic E-state index is 15.0. The number of hydrogen-bond donors (Lipinski definition) is 6. The molecule has 31 heavy (non-hydrogen) atoms. The third-order valence-corrected chi connectivity index (χ3v) is 7.01. The number of carbonyl (C=O) groups excluding carboxylic acids is 2. The van der Waals surface area contributed by atoms with Crippen LogP contribution in [0, 0.1) is 11.8 Å². The van der Waals surface area contributed by atoms with E-state index < -0.39 is 42.7 Å². The average Bonchev–Trinajstić information content (AvgIpc) is 3.08. The quantitative estimate of drug-likeness (QED) is 0.275. The molecule has 4 aliphatic rings. The molecule has 7 atom stereocenters. The summed E-state index contributed by atoms with van der Waals surface area (Å²) in [5.41, 5.74) is 9.11. The van der Waals surface area contributed by atoms with E-state index in [1.54, 1.807) is 12.1 Å². The Morgan fingerprint density at radius 1 is 1.10 bits per heavy atom. The molecule has 4 aliphatic heterocycles. The Kier molecular flexibility index (Phi) is 7.04. The van der Waals surface area contributed by atoms with Crippen LogP contribution in [0.4, 0.5) is 8.78 Å². The lowest BCUT2D eigenvalue weighted by atomic mass is 9.90. The van der Waals surface area contributed by atoms with E-state index in [4.69, 9.17) is 5.73 Å². The molecule has 0 spiro atoms. The van der Waals surface area contributed by atoms with Crippen LogP contribution in [0.1, 0.15) is 12.8 Å². The normalized spacial score (nSPS) is 40.3. The monoisotopic (exact) mass is 444 g/mol. The van der Waals surface area contributed by atoms with E-state index in [0.717, 1.165) is 0 Å². The number of nitrogens with two attached hydrogens (primary N) is 1. The van der Waals surface area contributed by atoms with Crippen molar-refractivity contribution in [3.63, 3.8) is 0 Å². The van der Waals surface area contributed by atoms with Gasteiger partial charge < -0.3 is 21.7 Å². The molecule has 4 saturated heterocycles. The molecule has 7 N–H and O–H groups in total. The first-order valence-electron chi connectivity index (χ1n) is 11.2. The Morgan fingerprint density at radius 2 is 1.84 bits per heavy atom. The minimum absolute atomic E-state index is 0.0226. The summed E-state index contributed by atoms with van der Waals surface area (Å²) >= 11 is 0. The van der Waals surface area contributed by atoms with Crippen LogP contribution in [-0.4, -0.2) is 105 Å². The molecule has 7 unspecified atom stereocenters. The summed E-state index contributed by atoms with van der Waals surface area (Å²) in [6.45, 7) is 2.23. The van der Waals surface area contributed by atoms with Crippen molar-refractivity contribution >= 4 is 11.8 Å². The van der Waals surface area contributed by atoms with Gasteiger partial charge in [0.1, 0.15) is 12.3 Å². The number of likely N-dealkylation sites (tertiary alicyclic amines) is 1. The summed E-state index contributed by atoms with van der Waals surface area (Å²) in [4.78, 5) is 27.1. The first-order chi connectivity index (χ1) is 14.9. The molecule has 176 valence electrons. The first-order valence-corrected chi connectivity index (χ1v) is 11.2. The summed E-state index contributed by atoms with van der Waals surface area (Å²) < 4.78 is 28.7. The number of alkyl halides is 2. The molecule has 10 nitrogen and oxygen atoms in total. The van der Waals surface area contributed by atoms with Gasteiger partial charge in [0.05, 0.1) is 30.3 Å². The Hall–Kier alpha value is -1.44. The van der Waals surface area contributed by atoms with E-state index in [9.17, 15) is 18.4 Å². The second-order valence-corrected chi connectivity index (χ2v) is 8.99. The largest absolute Gasteiger partial charge is 0.359 e. The molecule has 4 heterocycles. The molecule has 0 aromatic rings. The fourth-order valence-corrected chi connectivity index (χ4v) is 5.41. The van der Waals surface area contributed by atoms with Crippen LogP contribution in [0.5, 0.6) is 0 Å². The fourth-order valence-electron chi connectivity index (χ4n) is 5.41. The van der Waals surface area contributed by atoms with Crippen LogP contribution in [0.2, 0.25) is 0 Å². The van der Waals surface area contributed by atoms with Crippen LogP contribution in [0.15, 0.2) is 0 Å². The minimum atomic E-state index is -1.14. The van der Waals surface area contributed by atoms with Gasteiger partial charge >= 0.3 is 0 Å². The molecule has 4 fully saturated rings. The molecule has 4 rings (SSSR count). The van der Waals surface area contributed by atoms with E-state index in [1.165, 1.54) is 0 Å². The summed E-state index contributed by atoms with van der Waals surface area (Å²) in [7, 11) is 1.63. The maximum absolute atomic E-state index is 15.0. The molecule has 0 radical (unpaired) electrons. The van der Waals surface area contributed by atoms with Gasteiger partial charge in [0, 0.05) is 39.1 Å². The number of piperidine rings is 2. The van der Waals surface area contributed by atoms with E-state index in [1.807, 2.05) is 0 Å². The van der Waals surface area contributed by atoms with E-state index >= 15 is 0 Å². The number of nitrogens with zero attached hydrogens (tertiary/aromatic N) is 2. The van der Waals surface area contributed by atoms with Gasteiger partial charge in [-0.3, -0.25) is 19.8 Å². The van der Waals surface area contributed by atoms with Gasteiger partial charge in [-0.05, 0) is 25.9 Å². The smallest absolute Gasteiger partial charge is 0.229 e. The van der Waals surface area contributed by atoms with Crippen molar-refractivity contribution in [3.8, 4) is 0 Å². The number of hydrogen-bond acceptors (Lipinski definition) is 8. The van der Waals surface area contributed by atoms with Gasteiger partial charge in [-0.25, -0.2) is 19.2 Å². The van der Waals surface area contributed by atoms with Gasteiger partial charge in [0.2, 0.25) is 11.8 Å². The van der Waals surface area contributed by atoms with Crippen LogP contribution < -0.4 is 32.4 Å². The van der Waals surface area contributed by atoms with Gasteiger partial charge in [0.15, 0.2) is 0 Å². The number of hydrazine groups is 1. The molecule has 0 aromatic carbocycles. The standard InChI is InChI=1S/C19H34F2N8O2/c1-23-18(30)10-2-4-28(5-3-10)15-12(21)7-24-8-13(15)26-19(31)14-16(22)27-29-9-11(20)6-25-17(14)29/h10-17,24-25,27H,2-9,22H2,1H3,(H,23,30)(H,26,31). The van der Waals surface area contributed by atoms with Crippen molar-refractivity contribution in [3.05, 3.63) is 0 Å². The van der Waals surface area contributed by atoms with E-state index in [-0.39, 0.29) is 37.4 Å². The number of amides is 2. The third-order valence-electron chi connectivity index (χ3n) is 7.01. The summed E-state index contributed by atoms with van der Waals surface area (Å²) in [5.74, 6) is -0.927. The summed E-state index contributed by atoms with van der Waals surface area (Å²) in [6.07, 6.45) is -1.89. The van der Waals surface area contributed by atoms with E-state index in [2.05, 4.69) is 31.6 Å². The Labute approximate surface area is 181 Å². The van der Waals surface area contributed by atoms with Crippen molar-refractivity contribution in [2.24, 2.45) is 17.6 Å². The van der Waals surface area contributed by atoms with Crippen LogP contribution >= 0.6 is 0 Å². The Bertz CT molecular complexity index is 665. The molecule has 0 aromatic heterocycles. The highest BCUT2D eigenvalue weighted by atomic mass is 19.1. The molecule has 2 amide bonds. The lowest BCUT2D eigenvalue weighted by Crippen LogP contribution is -2.67. The van der Waals surface area contributed by atoms with Gasteiger partial charge in [-0.1, -0.05) is 0 Å². The lowest BCUT2D eigenvalue weighted by Gasteiger charge is -2.45. The molecular weight excluding hydrogens is 410 g/mol. The van der Waals surface area contributed by atoms with E-state index in [0.29, 0.717) is 32.5 Å². The molecule has 0 aliphatic carbocycles. The second kappa shape index (κ2) is 9.59. The number of halogens is 2. The second-order valence-electron chi connectivity index (χ2n) is 8.99. The highest BCUT2D eigenvalue weighted by molar-refractivity contribution is 5.81. The van der Waals surface area contributed by atoms with Gasteiger partial charge in [-0.15, -0.1) is 0 Å². The molecule has 0 bridgehead atoms. The van der Waals surface area contributed by atoms with Crippen LogP contribution in [-0.2, 0) is 9.59 Å². The fraction of sp³-hybridized carbons (Fsp3) is 0.895. The first kappa shape index (κ1) is 22.7. The molecular formula is C19H34F2N8O2. The van der Waals surface area contributed by atoms with Crippen molar-refractivity contribution in [2.45, 2.75) is 49.6 Å². The lowest BCUT2D eigenvalue weighted by molar-refractivity contribution is -0.128. The van der Waals surface area contributed by atoms with Crippen LogP contribution in [0.25, 0.3) is 0 Å². The molecule has 12 heteroatoms. The number of nitrogens with one attached hydrogen (secondary N) is 5. The van der Waals surface area contributed by atoms with Crippen molar-refractivity contribution in [1.29, 1.82) is 0 Å². The minimum Gasteiger partial charge on any atom is -0.359 e. The maximum Gasteiger partial charge on any atom is 0.229 e. The van der Waals surface area contributed by atoms with Gasteiger partial charge in [-0.2, -0.15) is 0 Å². The van der Waals surface area contributed by atoms with Crippen LogP contribution in [0.3, 0.4) is 0 Å². The van der Waals surface area contributed by atoms with Gasteiger partial charge in [0.25, 0.3) is 0 Å². The zero-order valence-corrected chi connectivity index (χ0v) is 17.8. The summed E-state index contributed by atoms with van der Waals surface area (Å²) in [5, 5.41) is 13.4. The Balaban J connectivity index is 1.40. The number of fused-ring (bicyclic) bond motifs is 1. The SMILES string of the molecule is CNC(=O)C1CCN(C2C(F)CNCC2NC(=O)C2C(N)NN3CC(F)CNC23)CC1. The topological polar surface area (TPSA) is 127 Å². The molecule has 0 saturated carbocycles. The van der Waals surface area contributed by atoms with Crippen molar-refractivity contribution < 1.29 is 18.4 Å². The number of rotatable bonds is 4. The highest BCUT2D eigenvalue weighted by Crippen LogP contribution is 2.26. The van der Waals surface area contributed by atoms with Crippen molar-refractivity contribution in [1.82, 2.24) is 36.6 Å². The zero-order valence-electron chi connectivity index (χ0n) is 17.8.